The number of hydrogen-bond acceptors (Lipinski definition) is 2. The molecule has 1 N–H and O–H groups in total. The standard InChI is InChI=1S/C23H17NO2/c25-23(18-7-2-1-3-8-18)24-20-11-14-21(15-12-20)26-22-13-10-17-6-4-5-9-19(17)16-22/h1-16H,(H,24,25). The van der Waals surface area contributed by atoms with E-state index in [1.807, 2.05) is 72.8 Å². The Hall–Kier alpha value is -3.59. The zero-order chi connectivity index (χ0) is 17.8. The maximum Gasteiger partial charge on any atom is 0.255 e. The lowest BCUT2D eigenvalue weighted by Crippen LogP contribution is -2.11. The minimum Gasteiger partial charge on any atom is -0.457 e. The van der Waals surface area contributed by atoms with Crippen molar-refractivity contribution in [2.75, 3.05) is 5.32 Å². The number of hydrogen-bond donors (Lipinski definition) is 1. The van der Waals surface area contributed by atoms with E-state index in [0.29, 0.717) is 5.56 Å². The fraction of sp³-hybridized carbons (Fsp3) is 0. The van der Waals surface area contributed by atoms with Crippen molar-refractivity contribution < 1.29 is 9.53 Å². The molecule has 0 aliphatic heterocycles. The summed E-state index contributed by atoms with van der Waals surface area (Å²) in [5.41, 5.74) is 1.36. The zero-order valence-electron chi connectivity index (χ0n) is 14.1. The third-order valence-electron chi connectivity index (χ3n) is 4.10. The fourth-order valence-corrected chi connectivity index (χ4v) is 2.77. The number of carbonyl (C=O) groups is 1. The Balaban J connectivity index is 1.46. The van der Waals surface area contributed by atoms with Gasteiger partial charge in [-0.2, -0.15) is 0 Å². The first-order valence-electron chi connectivity index (χ1n) is 8.41. The van der Waals surface area contributed by atoms with E-state index in [9.17, 15) is 4.79 Å². The number of ether oxygens (including phenoxy) is 1. The highest BCUT2D eigenvalue weighted by Gasteiger charge is 2.05. The van der Waals surface area contributed by atoms with Gasteiger partial charge >= 0.3 is 0 Å². The number of carbonyl (C=O) groups excluding carboxylic acids is 1. The van der Waals surface area contributed by atoms with Crippen molar-refractivity contribution in [1.82, 2.24) is 0 Å². The maximum atomic E-state index is 12.2. The van der Waals surface area contributed by atoms with Crippen LogP contribution in [-0.2, 0) is 0 Å². The number of nitrogens with one attached hydrogen (secondary N) is 1. The largest absolute Gasteiger partial charge is 0.457 e. The first-order valence-corrected chi connectivity index (χ1v) is 8.41. The number of amides is 1. The van der Waals surface area contributed by atoms with Gasteiger partial charge in [0.05, 0.1) is 0 Å². The molecule has 3 nitrogen and oxygen atoms in total. The highest BCUT2D eigenvalue weighted by Crippen LogP contribution is 2.26. The molecule has 0 unspecified atom stereocenters. The summed E-state index contributed by atoms with van der Waals surface area (Å²) in [6, 6.07) is 30.7. The van der Waals surface area contributed by atoms with Crippen LogP contribution in [0.2, 0.25) is 0 Å². The van der Waals surface area contributed by atoms with Crippen LogP contribution in [0.5, 0.6) is 11.5 Å². The topological polar surface area (TPSA) is 38.3 Å². The maximum absolute atomic E-state index is 12.2. The van der Waals surface area contributed by atoms with E-state index >= 15 is 0 Å². The minimum atomic E-state index is -0.131. The Morgan fingerprint density at radius 1 is 0.654 bits per heavy atom. The molecule has 0 fully saturated rings. The van der Waals surface area contributed by atoms with Crippen LogP contribution in [-0.4, -0.2) is 5.91 Å². The van der Waals surface area contributed by atoms with Gasteiger partial charge in [-0.15, -0.1) is 0 Å². The van der Waals surface area contributed by atoms with Gasteiger partial charge in [0.25, 0.3) is 5.91 Å². The molecule has 0 aromatic heterocycles. The van der Waals surface area contributed by atoms with Crippen molar-refractivity contribution in [2.24, 2.45) is 0 Å². The van der Waals surface area contributed by atoms with Crippen molar-refractivity contribution in [2.45, 2.75) is 0 Å². The van der Waals surface area contributed by atoms with Gasteiger partial charge in [0, 0.05) is 11.3 Å². The molecule has 4 aromatic rings. The van der Waals surface area contributed by atoms with E-state index in [2.05, 4.69) is 17.4 Å². The van der Waals surface area contributed by atoms with E-state index in [0.717, 1.165) is 22.6 Å². The second-order valence-corrected chi connectivity index (χ2v) is 5.96. The van der Waals surface area contributed by atoms with E-state index < -0.39 is 0 Å². The molecule has 0 spiro atoms. The van der Waals surface area contributed by atoms with Crippen LogP contribution in [0.15, 0.2) is 97.1 Å². The van der Waals surface area contributed by atoms with Gasteiger partial charge in [-0.25, -0.2) is 0 Å². The fourth-order valence-electron chi connectivity index (χ4n) is 2.77. The molecule has 1 amide bonds. The SMILES string of the molecule is O=C(Nc1ccc(Oc2ccc3ccccc3c2)cc1)c1ccccc1. The van der Waals surface area contributed by atoms with E-state index in [-0.39, 0.29) is 5.91 Å². The third kappa shape index (κ3) is 3.57. The first-order chi connectivity index (χ1) is 12.8. The Labute approximate surface area is 151 Å². The zero-order valence-corrected chi connectivity index (χ0v) is 14.1. The van der Waals surface area contributed by atoms with Gasteiger partial charge in [-0.1, -0.05) is 48.5 Å². The highest BCUT2D eigenvalue weighted by atomic mass is 16.5. The molecule has 0 aliphatic carbocycles. The van der Waals surface area contributed by atoms with Crippen LogP contribution in [0.25, 0.3) is 10.8 Å². The molecular formula is C23H17NO2. The summed E-state index contributed by atoms with van der Waals surface area (Å²) < 4.78 is 5.92. The van der Waals surface area contributed by atoms with Gasteiger partial charge in [0.15, 0.2) is 0 Å². The number of anilines is 1. The molecule has 0 aliphatic rings. The Morgan fingerprint density at radius 3 is 2.08 bits per heavy atom. The second-order valence-electron chi connectivity index (χ2n) is 5.96. The Bertz CT molecular complexity index is 1040. The summed E-state index contributed by atoms with van der Waals surface area (Å²) in [5, 5.41) is 5.19. The first kappa shape index (κ1) is 15.9. The molecule has 0 atom stereocenters. The lowest BCUT2D eigenvalue weighted by Gasteiger charge is -2.09. The molecule has 3 heteroatoms. The molecule has 0 radical (unpaired) electrons. The molecule has 26 heavy (non-hydrogen) atoms. The van der Waals surface area contributed by atoms with Gasteiger partial charge in [0.1, 0.15) is 11.5 Å². The Kier molecular flexibility index (Phi) is 4.35. The van der Waals surface area contributed by atoms with Gasteiger partial charge in [0.2, 0.25) is 0 Å². The van der Waals surface area contributed by atoms with Crippen molar-refractivity contribution in [3.05, 3.63) is 103 Å². The summed E-state index contributed by atoms with van der Waals surface area (Å²) in [4.78, 5) is 12.2. The van der Waals surface area contributed by atoms with Crippen LogP contribution in [0.4, 0.5) is 5.69 Å². The lowest BCUT2D eigenvalue weighted by atomic mass is 10.1. The van der Waals surface area contributed by atoms with Crippen molar-refractivity contribution in [3.63, 3.8) is 0 Å². The van der Waals surface area contributed by atoms with E-state index in [1.54, 1.807) is 12.1 Å². The third-order valence-corrected chi connectivity index (χ3v) is 4.10. The molecule has 4 aromatic carbocycles. The van der Waals surface area contributed by atoms with Crippen LogP contribution in [0.1, 0.15) is 10.4 Å². The molecule has 4 rings (SSSR count). The molecule has 0 saturated carbocycles. The predicted octanol–water partition coefficient (Wildman–Crippen LogP) is 5.88. The molecule has 0 heterocycles. The van der Waals surface area contributed by atoms with Crippen molar-refractivity contribution >= 4 is 22.4 Å². The Morgan fingerprint density at radius 2 is 1.31 bits per heavy atom. The van der Waals surface area contributed by atoms with Crippen LogP contribution in [0, 0.1) is 0 Å². The van der Waals surface area contributed by atoms with Crippen LogP contribution < -0.4 is 10.1 Å². The van der Waals surface area contributed by atoms with E-state index in [4.69, 9.17) is 4.74 Å². The normalized spacial score (nSPS) is 10.5. The van der Waals surface area contributed by atoms with Crippen LogP contribution >= 0.6 is 0 Å². The predicted molar refractivity (Wildman–Crippen MR) is 105 cm³/mol. The highest BCUT2D eigenvalue weighted by molar-refractivity contribution is 6.04. The smallest absolute Gasteiger partial charge is 0.255 e. The lowest BCUT2D eigenvalue weighted by molar-refractivity contribution is 0.102. The molecular weight excluding hydrogens is 322 g/mol. The quantitative estimate of drug-likeness (QED) is 0.504. The summed E-state index contributed by atoms with van der Waals surface area (Å²) in [6.07, 6.45) is 0. The number of fused-ring (bicyclic) bond motifs is 1. The summed E-state index contributed by atoms with van der Waals surface area (Å²) in [5.74, 6) is 1.37. The van der Waals surface area contributed by atoms with Gasteiger partial charge < -0.3 is 10.1 Å². The molecule has 126 valence electrons. The van der Waals surface area contributed by atoms with Gasteiger partial charge in [-0.3, -0.25) is 4.79 Å². The van der Waals surface area contributed by atoms with E-state index in [1.165, 1.54) is 5.39 Å². The molecule has 0 bridgehead atoms. The van der Waals surface area contributed by atoms with Crippen molar-refractivity contribution in [3.8, 4) is 11.5 Å². The minimum absolute atomic E-state index is 0.131. The second kappa shape index (κ2) is 7.11. The molecule has 0 saturated heterocycles. The monoisotopic (exact) mass is 339 g/mol. The number of rotatable bonds is 4. The summed E-state index contributed by atoms with van der Waals surface area (Å²) >= 11 is 0. The van der Waals surface area contributed by atoms with Crippen LogP contribution in [0.3, 0.4) is 0 Å². The average Bonchev–Trinajstić information content (AvgIpc) is 2.70. The summed E-state index contributed by atoms with van der Waals surface area (Å²) in [7, 11) is 0. The van der Waals surface area contributed by atoms with Gasteiger partial charge in [-0.05, 0) is 59.3 Å². The average molecular weight is 339 g/mol. The number of benzene rings is 4. The van der Waals surface area contributed by atoms with Crippen molar-refractivity contribution in [1.29, 1.82) is 0 Å². The summed E-state index contributed by atoms with van der Waals surface area (Å²) in [6.45, 7) is 0.